The summed E-state index contributed by atoms with van der Waals surface area (Å²) in [5.41, 5.74) is 0.830. The molecule has 2 heterocycles. The lowest BCUT2D eigenvalue weighted by Gasteiger charge is -2.10. The van der Waals surface area contributed by atoms with Gasteiger partial charge in [-0.3, -0.25) is 4.68 Å². The van der Waals surface area contributed by atoms with Crippen LogP contribution < -0.4 is 10.6 Å². The van der Waals surface area contributed by atoms with Gasteiger partial charge in [0.15, 0.2) is 5.11 Å². The van der Waals surface area contributed by atoms with Crippen LogP contribution in [0.1, 0.15) is 16.1 Å². The highest BCUT2D eigenvalue weighted by Gasteiger charge is 2.17. The summed E-state index contributed by atoms with van der Waals surface area (Å²) in [6.45, 7) is 1.57. The molecule has 0 saturated heterocycles. The van der Waals surface area contributed by atoms with Crippen molar-refractivity contribution in [2.45, 2.75) is 13.0 Å². The smallest absolute Gasteiger partial charge is 0.349 e. The molecule has 1 aromatic carbocycles. The number of ether oxygens (including phenoxy) is 1. The van der Waals surface area contributed by atoms with Crippen molar-refractivity contribution in [2.24, 2.45) is 0 Å². The fourth-order valence-corrected chi connectivity index (χ4v) is 4.10. The lowest BCUT2D eigenvalue weighted by atomic mass is 10.2. The Morgan fingerprint density at radius 2 is 2.31 bits per heavy atom. The zero-order valence-corrected chi connectivity index (χ0v) is 16.4. The highest BCUT2D eigenvalue weighted by atomic mass is 35.5. The molecule has 26 heavy (non-hydrogen) atoms. The van der Waals surface area contributed by atoms with E-state index in [0.29, 0.717) is 15.0 Å². The summed E-state index contributed by atoms with van der Waals surface area (Å²) in [5, 5.41) is 12.2. The largest absolute Gasteiger partial charge is 0.465 e. The van der Waals surface area contributed by atoms with Crippen LogP contribution in [0, 0.1) is 0 Å². The van der Waals surface area contributed by atoms with Crippen LogP contribution in [0.15, 0.2) is 36.7 Å². The molecule has 0 saturated carbocycles. The molecule has 0 radical (unpaired) electrons. The number of halogens is 1. The van der Waals surface area contributed by atoms with Crippen molar-refractivity contribution >= 4 is 62.0 Å². The Morgan fingerprint density at radius 3 is 3.04 bits per heavy atom. The SMILES string of the molecule is COC(=O)c1sc2cc(NC(=S)NCCCn3cccn3)ccc2c1Cl. The van der Waals surface area contributed by atoms with Gasteiger partial charge in [0.25, 0.3) is 0 Å². The Bertz CT molecular complexity index is 924. The summed E-state index contributed by atoms with van der Waals surface area (Å²) in [6.07, 6.45) is 4.60. The molecule has 2 aromatic heterocycles. The molecule has 0 aliphatic heterocycles. The molecule has 9 heteroatoms. The Kier molecular flexibility index (Phi) is 6.08. The van der Waals surface area contributed by atoms with Gasteiger partial charge >= 0.3 is 5.97 Å². The minimum Gasteiger partial charge on any atom is -0.465 e. The van der Waals surface area contributed by atoms with Gasteiger partial charge in [-0.25, -0.2) is 4.79 Å². The number of hydrogen-bond donors (Lipinski definition) is 2. The first-order chi connectivity index (χ1) is 12.6. The molecule has 0 aliphatic carbocycles. The minimum atomic E-state index is -0.430. The van der Waals surface area contributed by atoms with Gasteiger partial charge < -0.3 is 15.4 Å². The number of thiocarbonyl (C=S) groups is 1. The highest BCUT2D eigenvalue weighted by Crippen LogP contribution is 2.37. The molecule has 3 aromatic rings. The van der Waals surface area contributed by atoms with Gasteiger partial charge in [-0.05, 0) is 42.9 Å². The number of nitrogens with one attached hydrogen (secondary N) is 2. The Hall–Kier alpha value is -2.16. The van der Waals surface area contributed by atoms with Crippen LogP contribution in [0.25, 0.3) is 10.1 Å². The molecule has 0 atom stereocenters. The summed E-state index contributed by atoms with van der Waals surface area (Å²) in [5.74, 6) is -0.430. The number of carbonyl (C=O) groups is 1. The van der Waals surface area contributed by atoms with Crippen LogP contribution in [0.2, 0.25) is 5.02 Å². The van der Waals surface area contributed by atoms with Crippen molar-refractivity contribution < 1.29 is 9.53 Å². The standard InChI is InChI=1S/C17H17ClN4O2S2/c1-24-16(23)15-14(18)12-5-4-11(10-13(12)26-15)21-17(25)19-6-2-8-22-9-3-7-20-22/h3-5,7,9-10H,2,6,8H2,1H3,(H2,19,21,25). The number of carbonyl (C=O) groups excluding carboxylic acids is 1. The average molecular weight is 409 g/mol. The zero-order valence-electron chi connectivity index (χ0n) is 14.0. The highest BCUT2D eigenvalue weighted by molar-refractivity contribution is 7.80. The van der Waals surface area contributed by atoms with Crippen LogP contribution in [0.3, 0.4) is 0 Å². The van der Waals surface area contributed by atoms with E-state index in [1.807, 2.05) is 35.1 Å². The number of fused-ring (bicyclic) bond motifs is 1. The van der Waals surface area contributed by atoms with E-state index in [2.05, 4.69) is 15.7 Å². The van der Waals surface area contributed by atoms with Crippen LogP contribution in [0.5, 0.6) is 0 Å². The molecular weight excluding hydrogens is 392 g/mol. The molecular formula is C17H17ClN4O2S2. The molecule has 2 N–H and O–H groups in total. The Labute approximate surface area is 165 Å². The maximum atomic E-state index is 11.7. The van der Waals surface area contributed by atoms with E-state index in [-0.39, 0.29) is 0 Å². The average Bonchev–Trinajstić information content (AvgIpc) is 3.26. The fraction of sp³-hybridized carbons (Fsp3) is 0.235. The van der Waals surface area contributed by atoms with E-state index in [1.165, 1.54) is 18.4 Å². The molecule has 0 bridgehead atoms. The van der Waals surface area contributed by atoms with Gasteiger partial charge in [-0.2, -0.15) is 5.10 Å². The van der Waals surface area contributed by atoms with Gasteiger partial charge in [0.1, 0.15) is 4.88 Å². The predicted octanol–water partition coefficient (Wildman–Crippen LogP) is 3.91. The normalized spacial score (nSPS) is 10.7. The summed E-state index contributed by atoms with van der Waals surface area (Å²) in [6, 6.07) is 7.55. The van der Waals surface area contributed by atoms with Crippen LogP contribution in [0.4, 0.5) is 5.69 Å². The molecule has 0 aliphatic rings. The van der Waals surface area contributed by atoms with Gasteiger partial charge in [-0.1, -0.05) is 11.6 Å². The summed E-state index contributed by atoms with van der Waals surface area (Å²) >= 11 is 12.9. The Balaban J connectivity index is 1.57. The Morgan fingerprint density at radius 1 is 1.46 bits per heavy atom. The van der Waals surface area contributed by atoms with E-state index in [1.54, 1.807) is 6.20 Å². The molecule has 0 fully saturated rings. The van der Waals surface area contributed by atoms with Crippen molar-refractivity contribution in [3.8, 4) is 0 Å². The second kappa shape index (κ2) is 8.48. The minimum absolute atomic E-state index is 0.403. The number of methoxy groups -OCH3 is 1. The van der Waals surface area contributed by atoms with Gasteiger partial charge in [-0.15, -0.1) is 11.3 Å². The third-order valence-electron chi connectivity index (χ3n) is 3.67. The van der Waals surface area contributed by atoms with E-state index in [4.69, 9.17) is 28.6 Å². The van der Waals surface area contributed by atoms with Gasteiger partial charge in [0.2, 0.25) is 0 Å². The molecule has 0 spiro atoms. The third-order valence-corrected chi connectivity index (χ3v) is 5.55. The predicted molar refractivity (Wildman–Crippen MR) is 109 cm³/mol. The monoisotopic (exact) mass is 408 g/mol. The number of esters is 1. The number of rotatable bonds is 6. The van der Waals surface area contributed by atoms with Crippen LogP contribution in [-0.4, -0.2) is 34.5 Å². The number of anilines is 1. The van der Waals surface area contributed by atoms with Crippen molar-refractivity contribution in [1.29, 1.82) is 0 Å². The number of aryl methyl sites for hydroxylation is 1. The zero-order chi connectivity index (χ0) is 18.5. The van der Waals surface area contributed by atoms with Gasteiger partial charge in [0, 0.05) is 41.3 Å². The second-order valence-corrected chi connectivity index (χ2v) is 7.29. The maximum Gasteiger partial charge on any atom is 0.349 e. The van der Waals surface area contributed by atoms with Crippen molar-refractivity contribution in [3.05, 3.63) is 46.6 Å². The molecule has 6 nitrogen and oxygen atoms in total. The van der Waals surface area contributed by atoms with Crippen molar-refractivity contribution in [2.75, 3.05) is 19.0 Å². The van der Waals surface area contributed by atoms with Crippen molar-refractivity contribution in [3.63, 3.8) is 0 Å². The summed E-state index contributed by atoms with van der Waals surface area (Å²) in [4.78, 5) is 12.2. The maximum absolute atomic E-state index is 11.7. The molecule has 0 unspecified atom stereocenters. The first-order valence-electron chi connectivity index (χ1n) is 7.91. The second-order valence-electron chi connectivity index (χ2n) is 5.45. The topological polar surface area (TPSA) is 68.2 Å². The molecule has 136 valence electrons. The summed E-state index contributed by atoms with van der Waals surface area (Å²) < 4.78 is 7.53. The quantitative estimate of drug-likeness (QED) is 0.366. The first-order valence-corrected chi connectivity index (χ1v) is 9.51. The van der Waals surface area contributed by atoms with E-state index < -0.39 is 5.97 Å². The first kappa shape index (κ1) is 18.6. The van der Waals surface area contributed by atoms with E-state index in [9.17, 15) is 4.79 Å². The fourth-order valence-electron chi connectivity index (χ4n) is 2.42. The number of nitrogens with zero attached hydrogens (tertiary/aromatic N) is 2. The number of benzene rings is 1. The number of hydrogen-bond acceptors (Lipinski definition) is 5. The third kappa shape index (κ3) is 4.32. The molecule has 0 amide bonds. The van der Waals surface area contributed by atoms with E-state index >= 15 is 0 Å². The number of thiophene rings is 1. The molecule has 3 rings (SSSR count). The lowest BCUT2D eigenvalue weighted by Crippen LogP contribution is -2.29. The van der Waals surface area contributed by atoms with Gasteiger partial charge in [0.05, 0.1) is 12.1 Å². The van der Waals surface area contributed by atoms with Crippen LogP contribution in [-0.2, 0) is 11.3 Å². The van der Waals surface area contributed by atoms with Crippen LogP contribution >= 0.6 is 35.2 Å². The summed E-state index contributed by atoms with van der Waals surface area (Å²) in [7, 11) is 1.34. The number of aromatic nitrogens is 2. The van der Waals surface area contributed by atoms with Crippen molar-refractivity contribution in [1.82, 2.24) is 15.1 Å². The van der Waals surface area contributed by atoms with E-state index in [0.717, 1.165) is 35.3 Å². The lowest BCUT2D eigenvalue weighted by molar-refractivity contribution is 0.0606.